The van der Waals surface area contributed by atoms with Crippen molar-refractivity contribution in [2.24, 2.45) is 0 Å². The molecule has 1 heterocycles. The van der Waals surface area contributed by atoms with Gasteiger partial charge in [0.1, 0.15) is 12.4 Å². The van der Waals surface area contributed by atoms with E-state index in [9.17, 15) is 14.0 Å². The van der Waals surface area contributed by atoms with E-state index in [2.05, 4.69) is 31.9 Å². The van der Waals surface area contributed by atoms with Crippen LogP contribution < -0.4 is 9.47 Å². The van der Waals surface area contributed by atoms with Gasteiger partial charge in [-0.1, -0.05) is 40.2 Å². The van der Waals surface area contributed by atoms with Crippen LogP contribution in [0.2, 0.25) is 0 Å². The third-order valence-corrected chi connectivity index (χ3v) is 7.05. The molecule has 1 saturated heterocycles. The first-order chi connectivity index (χ1) is 16.8. The number of hydrogen-bond donors (Lipinski definition) is 0. The standard InChI is InChI=1S/C26H20Br2FNO4S/c1-2-33-22-12-18(11-21(28)24(22)34-15-17-4-3-5-20(29)10-17)13-23-25(31)30(26(32)35-23)14-16-6-8-19(27)9-7-16/h3-13H,2,14-15H2,1H3/b23-13-. The molecule has 0 bridgehead atoms. The highest BCUT2D eigenvalue weighted by Gasteiger charge is 2.35. The van der Waals surface area contributed by atoms with Crippen molar-refractivity contribution < 1.29 is 23.5 Å². The van der Waals surface area contributed by atoms with E-state index in [1.54, 1.807) is 30.3 Å². The van der Waals surface area contributed by atoms with E-state index in [0.29, 0.717) is 38.6 Å². The van der Waals surface area contributed by atoms with E-state index in [0.717, 1.165) is 21.8 Å². The molecule has 4 rings (SSSR count). The lowest BCUT2D eigenvalue weighted by atomic mass is 10.1. The van der Waals surface area contributed by atoms with Crippen LogP contribution in [0.4, 0.5) is 9.18 Å². The SMILES string of the molecule is CCOc1cc(/C=C2\SC(=O)N(Cc3ccc(Br)cc3)C2=O)cc(Br)c1OCc1cccc(F)c1. The number of thioether (sulfide) groups is 1. The molecule has 3 aromatic carbocycles. The van der Waals surface area contributed by atoms with Crippen LogP contribution >= 0.6 is 43.6 Å². The molecule has 180 valence electrons. The molecule has 2 amide bonds. The number of amides is 2. The number of hydrogen-bond acceptors (Lipinski definition) is 5. The first-order valence-corrected chi connectivity index (χ1v) is 13.1. The molecule has 0 aliphatic carbocycles. The summed E-state index contributed by atoms with van der Waals surface area (Å²) in [6.07, 6.45) is 1.66. The van der Waals surface area contributed by atoms with Gasteiger partial charge in [0.2, 0.25) is 0 Å². The number of halogens is 3. The van der Waals surface area contributed by atoms with Crippen LogP contribution in [0.3, 0.4) is 0 Å². The molecule has 35 heavy (non-hydrogen) atoms. The number of rotatable bonds is 8. The van der Waals surface area contributed by atoms with E-state index in [4.69, 9.17) is 9.47 Å². The molecule has 0 aromatic heterocycles. The van der Waals surface area contributed by atoms with Crippen molar-refractivity contribution in [1.29, 1.82) is 0 Å². The number of benzene rings is 3. The fraction of sp³-hybridized carbons (Fsp3) is 0.154. The van der Waals surface area contributed by atoms with Gasteiger partial charge in [-0.15, -0.1) is 0 Å². The van der Waals surface area contributed by atoms with Gasteiger partial charge in [-0.2, -0.15) is 0 Å². The molecule has 0 N–H and O–H groups in total. The maximum Gasteiger partial charge on any atom is 0.293 e. The summed E-state index contributed by atoms with van der Waals surface area (Å²) >= 11 is 7.80. The van der Waals surface area contributed by atoms with E-state index in [1.165, 1.54) is 17.0 Å². The van der Waals surface area contributed by atoms with Crippen LogP contribution in [0.5, 0.6) is 11.5 Å². The minimum absolute atomic E-state index is 0.157. The Morgan fingerprint density at radius 3 is 2.49 bits per heavy atom. The minimum atomic E-state index is -0.344. The third kappa shape index (κ3) is 6.34. The summed E-state index contributed by atoms with van der Waals surface area (Å²) in [5, 5.41) is -0.316. The van der Waals surface area contributed by atoms with E-state index in [1.807, 2.05) is 31.2 Å². The smallest absolute Gasteiger partial charge is 0.293 e. The molecule has 0 atom stereocenters. The second-order valence-electron chi connectivity index (χ2n) is 7.58. The zero-order valence-corrected chi connectivity index (χ0v) is 22.6. The van der Waals surface area contributed by atoms with E-state index >= 15 is 0 Å². The van der Waals surface area contributed by atoms with Gasteiger partial charge in [-0.3, -0.25) is 14.5 Å². The molecular weight excluding hydrogens is 601 g/mol. The second-order valence-corrected chi connectivity index (χ2v) is 10.3. The maximum atomic E-state index is 13.5. The van der Waals surface area contributed by atoms with Crippen LogP contribution in [0.15, 0.2) is 74.5 Å². The Hall–Kier alpha value is -2.62. The van der Waals surface area contributed by atoms with Crippen molar-refractivity contribution >= 4 is 60.8 Å². The normalized spacial score (nSPS) is 14.6. The summed E-state index contributed by atoms with van der Waals surface area (Å²) in [5.41, 5.74) is 2.22. The Morgan fingerprint density at radius 1 is 1.00 bits per heavy atom. The van der Waals surface area contributed by atoms with Crippen LogP contribution in [0.25, 0.3) is 6.08 Å². The monoisotopic (exact) mass is 619 g/mol. The number of ether oxygens (including phenoxy) is 2. The lowest BCUT2D eigenvalue weighted by molar-refractivity contribution is -0.123. The van der Waals surface area contributed by atoms with Gasteiger partial charge in [-0.25, -0.2) is 4.39 Å². The largest absolute Gasteiger partial charge is 0.490 e. The second kappa shape index (κ2) is 11.4. The summed E-state index contributed by atoms with van der Waals surface area (Å²) in [4.78, 5) is 27.0. The Morgan fingerprint density at radius 2 is 1.77 bits per heavy atom. The number of carbonyl (C=O) groups excluding carboxylic acids is 2. The Kier molecular flexibility index (Phi) is 8.30. The van der Waals surface area contributed by atoms with Gasteiger partial charge in [0.25, 0.3) is 11.1 Å². The molecule has 0 radical (unpaired) electrons. The number of nitrogens with zero attached hydrogens (tertiary/aromatic N) is 1. The van der Waals surface area contributed by atoms with E-state index < -0.39 is 0 Å². The van der Waals surface area contributed by atoms with Gasteiger partial charge in [-0.05, 0) is 93.8 Å². The van der Waals surface area contributed by atoms with Crippen molar-refractivity contribution in [2.75, 3.05) is 6.61 Å². The van der Waals surface area contributed by atoms with Crippen LogP contribution in [-0.4, -0.2) is 22.7 Å². The molecular formula is C26H20Br2FNO4S. The van der Waals surface area contributed by atoms with Gasteiger partial charge in [0.15, 0.2) is 11.5 Å². The summed E-state index contributed by atoms with van der Waals surface area (Å²) < 4.78 is 26.7. The molecule has 3 aromatic rings. The number of carbonyl (C=O) groups is 2. The third-order valence-electron chi connectivity index (χ3n) is 5.03. The minimum Gasteiger partial charge on any atom is -0.490 e. The lowest BCUT2D eigenvalue weighted by Crippen LogP contribution is -2.27. The Bertz CT molecular complexity index is 1300. The van der Waals surface area contributed by atoms with Crippen molar-refractivity contribution in [1.82, 2.24) is 4.90 Å². The fourth-order valence-electron chi connectivity index (χ4n) is 3.42. The Labute approximate surface area is 223 Å². The van der Waals surface area contributed by atoms with Crippen molar-refractivity contribution in [3.63, 3.8) is 0 Å². The summed E-state index contributed by atoms with van der Waals surface area (Å²) in [7, 11) is 0. The average Bonchev–Trinajstić information content (AvgIpc) is 3.07. The molecule has 1 fully saturated rings. The first-order valence-electron chi connectivity index (χ1n) is 10.7. The molecule has 0 unspecified atom stereocenters. The van der Waals surface area contributed by atoms with Crippen molar-refractivity contribution in [2.45, 2.75) is 20.1 Å². The van der Waals surface area contributed by atoms with Gasteiger partial charge >= 0.3 is 0 Å². The van der Waals surface area contributed by atoms with Crippen molar-refractivity contribution in [3.05, 3.63) is 97.0 Å². The Balaban J connectivity index is 1.55. The number of imide groups is 1. The molecule has 9 heteroatoms. The highest BCUT2D eigenvalue weighted by atomic mass is 79.9. The predicted molar refractivity (Wildman–Crippen MR) is 142 cm³/mol. The van der Waals surface area contributed by atoms with Gasteiger partial charge in [0.05, 0.1) is 22.5 Å². The van der Waals surface area contributed by atoms with Gasteiger partial charge in [0, 0.05) is 4.47 Å². The molecule has 0 spiro atoms. The highest BCUT2D eigenvalue weighted by Crippen LogP contribution is 2.40. The first kappa shape index (κ1) is 25.5. The highest BCUT2D eigenvalue weighted by molar-refractivity contribution is 9.10. The molecule has 1 aliphatic heterocycles. The summed E-state index contributed by atoms with van der Waals surface area (Å²) in [6, 6.07) is 17.2. The van der Waals surface area contributed by atoms with E-state index in [-0.39, 0.29) is 30.1 Å². The predicted octanol–water partition coefficient (Wildman–Crippen LogP) is 7.56. The average molecular weight is 621 g/mol. The lowest BCUT2D eigenvalue weighted by Gasteiger charge is -2.15. The molecule has 1 aliphatic rings. The quantitative estimate of drug-likeness (QED) is 0.243. The zero-order valence-electron chi connectivity index (χ0n) is 18.6. The maximum absolute atomic E-state index is 13.5. The zero-order chi connectivity index (χ0) is 24.9. The summed E-state index contributed by atoms with van der Waals surface area (Å²) in [5.74, 6) is 0.262. The van der Waals surface area contributed by atoms with Gasteiger partial charge < -0.3 is 9.47 Å². The topological polar surface area (TPSA) is 55.8 Å². The van der Waals surface area contributed by atoms with Crippen molar-refractivity contribution in [3.8, 4) is 11.5 Å². The van der Waals surface area contributed by atoms with Crippen LogP contribution in [0, 0.1) is 5.82 Å². The molecule has 0 saturated carbocycles. The van der Waals surface area contributed by atoms with Crippen LogP contribution in [0.1, 0.15) is 23.6 Å². The fourth-order valence-corrected chi connectivity index (χ4v) is 5.09. The van der Waals surface area contributed by atoms with Crippen LogP contribution in [-0.2, 0) is 17.9 Å². The molecule has 5 nitrogen and oxygen atoms in total. The summed E-state index contributed by atoms with van der Waals surface area (Å²) in [6.45, 7) is 2.61.